The molecule has 0 saturated heterocycles. The first-order chi connectivity index (χ1) is 10.6. The Bertz CT molecular complexity index is 843. The molecule has 0 bridgehead atoms. The van der Waals surface area contributed by atoms with Gasteiger partial charge in [0.25, 0.3) is 5.91 Å². The second-order valence-corrected chi connectivity index (χ2v) is 5.15. The number of amides is 1. The number of halogens is 1. The van der Waals surface area contributed by atoms with Gasteiger partial charge in [-0.2, -0.15) is 5.10 Å². The van der Waals surface area contributed by atoms with Crippen molar-refractivity contribution in [2.75, 3.05) is 0 Å². The van der Waals surface area contributed by atoms with E-state index in [2.05, 4.69) is 15.4 Å². The lowest BCUT2D eigenvalue weighted by Gasteiger charge is -2.14. The summed E-state index contributed by atoms with van der Waals surface area (Å²) in [5, 5.41) is 6.92. The Morgan fingerprint density at radius 2 is 2.23 bits per heavy atom. The average molecular weight is 298 g/mol. The number of hydrogen-bond donors (Lipinski definition) is 1. The molecule has 0 saturated carbocycles. The zero-order valence-corrected chi connectivity index (χ0v) is 12.2. The van der Waals surface area contributed by atoms with Gasteiger partial charge in [0, 0.05) is 12.4 Å². The van der Waals surface area contributed by atoms with Crippen LogP contribution in [0.3, 0.4) is 0 Å². The number of aryl methyl sites for hydroxylation is 1. The van der Waals surface area contributed by atoms with Crippen molar-refractivity contribution in [3.05, 3.63) is 65.4 Å². The first-order valence-electron chi connectivity index (χ1n) is 6.91. The van der Waals surface area contributed by atoms with Gasteiger partial charge < -0.3 is 5.32 Å². The molecule has 6 heteroatoms. The van der Waals surface area contributed by atoms with Gasteiger partial charge in [-0.15, -0.1) is 0 Å². The molecule has 1 N–H and O–H groups in total. The van der Waals surface area contributed by atoms with E-state index < -0.39 is 0 Å². The van der Waals surface area contributed by atoms with E-state index >= 15 is 0 Å². The molecule has 0 aliphatic rings. The quantitative estimate of drug-likeness (QED) is 0.808. The second-order valence-electron chi connectivity index (χ2n) is 5.15. The molecule has 0 spiro atoms. The van der Waals surface area contributed by atoms with Gasteiger partial charge in [0.15, 0.2) is 5.65 Å². The van der Waals surface area contributed by atoms with Gasteiger partial charge in [0.1, 0.15) is 11.4 Å². The molecule has 3 rings (SSSR count). The van der Waals surface area contributed by atoms with E-state index in [4.69, 9.17) is 0 Å². The van der Waals surface area contributed by atoms with E-state index in [0.29, 0.717) is 22.3 Å². The SMILES string of the molecule is Cc1ccc(C(C)NC(=O)c2cnn3cccnc23)cc1F. The van der Waals surface area contributed by atoms with Crippen molar-refractivity contribution in [2.24, 2.45) is 0 Å². The Balaban J connectivity index is 1.83. The van der Waals surface area contributed by atoms with E-state index in [9.17, 15) is 9.18 Å². The summed E-state index contributed by atoms with van der Waals surface area (Å²) in [6, 6.07) is 6.36. The molecule has 1 amide bonds. The van der Waals surface area contributed by atoms with Crippen LogP contribution in [0.15, 0.2) is 42.9 Å². The van der Waals surface area contributed by atoms with Gasteiger partial charge in [-0.3, -0.25) is 4.79 Å². The summed E-state index contributed by atoms with van der Waals surface area (Å²) in [7, 11) is 0. The molecule has 1 atom stereocenters. The highest BCUT2D eigenvalue weighted by Crippen LogP contribution is 2.17. The Hall–Kier alpha value is -2.76. The summed E-state index contributed by atoms with van der Waals surface area (Å²) in [6.07, 6.45) is 4.80. The van der Waals surface area contributed by atoms with Crippen molar-refractivity contribution >= 4 is 11.6 Å². The summed E-state index contributed by atoms with van der Waals surface area (Å²) in [6.45, 7) is 3.51. The van der Waals surface area contributed by atoms with Crippen LogP contribution in [0.4, 0.5) is 4.39 Å². The van der Waals surface area contributed by atoms with Gasteiger partial charge in [-0.05, 0) is 37.1 Å². The van der Waals surface area contributed by atoms with Crippen LogP contribution in [0.5, 0.6) is 0 Å². The number of benzene rings is 1. The third kappa shape index (κ3) is 2.55. The number of aromatic nitrogens is 3. The third-order valence-electron chi connectivity index (χ3n) is 3.57. The fourth-order valence-electron chi connectivity index (χ4n) is 2.22. The molecule has 1 aromatic carbocycles. The summed E-state index contributed by atoms with van der Waals surface area (Å²) in [5.41, 5.74) is 2.16. The minimum atomic E-state index is -0.318. The Kier molecular flexibility index (Phi) is 3.58. The van der Waals surface area contributed by atoms with Crippen LogP contribution in [-0.2, 0) is 0 Å². The summed E-state index contributed by atoms with van der Waals surface area (Å²) >= 11 is 0. The van der Waals surface area contributed by atoms with Crippen molar-refractivity contribution < 1.29 is 9.18 Å². The number of nitrogens with one attached hydrogen (secondary N) is 1. The van der Waals surface area contributed by atoms with Gasteiger partial charge >= 0.3 is 0 Å². The van der Waals surface area contributed by atoms with E-state index in [1.807, 2.05) is 0 Å². The molecule has 2 heterocycles. The third-order valence-corrected chi connectivity index (χ3v) is 3.57. The number of carbonyl (C=O) groups excluding carboxylic acids is 1. The van der Waals surface area contributed by atoms with Crippen molar-refractivity contribution in [3.8, 4) is 0 Å². The average Bonchev–Trinajstić information content (AvgIpc) is 2.94. The number of nitrogens with zero attached hydrogens (tertiary/aromatic N) is 3. The first kappa shape index (κ1) is 14.2. The lowest BCUT2D eigenvalue weighted by Crippen LogP contribution is -2.26. The largest absolute Gasteiger partial charge is 0.345 e. The summed E-state index contributed by atoms with van der Waals surface area (Å²) in [4.78, 5) is 16.5. The van der Waals surface area contributed by atoms with Crippen LogP contribution < -0.4 is 5.32 Å². The molecular weight excluding hydrogens is 283 g/mol. The van der Waals surface area contributed by atoms with Gasteiger partial charge in [0.2, 0.25) is 0 Å². The van der Waals surface area contributed by atoms with Crippen LogP contribution in [0.25, 0.3) is 5.65 Å². The monoisotopic (exact) mass is 298 g/mol. The zero-order chi connectivity index (χ0) is 15.7. The van der Waals surface area contributed by atoms with Crippen molar-refractivity contribution in [3.63, 3.8) is 0 Å². The molecular formula is C16H15FN4O. The maximum Gasteiger partial charge on any atom is 0.257 e. The van der Waals surface area contributed by atoms with E-state index in [1.54, 1.807) is 44.4 Å². The Morgan fingerprint density at radius 3 is 3.00 bits per heavy atom. The van der Waals surface area contributed by atoms with E-state index in [-0.39, 0.29) is 17.8 Å². The fourth-order valence-corrected chi connectivity index (χ4v) is 2.22. The maximum absolute atomic E-state index is 13.6. The normalized spacial score (nSPS) is 12.3. The molecule has 0 fully saturated rings. The van der Waals surface area contributed by atoms with E-state index in [1.165, 1.54) is 16.8 Å². The number of carbonyl (C=O) groups is 1. The minimum absolute atomic E-state index is 0.281. The van der Waals surface area contributed by atoms with Gasteiger partial charge in [0.05, 0.1) is 12.2 Å². The molecule has 1 unspecified atom stereocenters. The minimum Gasteiger partial charge on any atom is -0.345 e. The number of hydrogen-bond acceptors (Lipinski definition) is 3. The van der Waals surface area contributed by atoms with Crippen molar-refractivity contribution in [1.29, 1.82) is 0 Å². The molecule has 5 nitrogen and oxygen atoms in total. The lowest BCUT2D eigenvalue weighted by molar-refractivity contribution is 0.0941. The van der Waals surface area contributed by atoms with Crippen LogP contribution in [0.2, 0.25) is 0 Å². The number of fused-ring (bicyclic) bond motifs is 1. The maximum atomic E-state index is 13.6. The van der Waals surface area contributed by atoms with E-state index in [0.717, 1.165) is 0 Å². The number of rotatable bonds is 3. The molecule has 0 radical (unpaired) electrons. The van der Waals surface area contributed by atoms with Gasteiger partial charge in [-0.25, -0.2) is 13.9 Å². The summed E-state index contributed by atoms with van der Waals surface area (Å²) in [5.74, 6) is -0.571. The molecule has 0 aliphatic carbocycles. The predicted molar refractivity (Wildman–Crippen MR) is 80.0 cm³/mol. The van der Waals surface area contributed by atoms with Crippen molar-refractivity contribution in [2.45, 2.75) is 19.9 Å². The van der Waals surface area contributed by atoms with Crippen LogP contribution in [0.1, 0.15) is 34.5 Å². The Morgan fingerprint density at radius 1 is 1.41 bits per heavy atom. The lowest BCUT2D eigenvalue weighted by atomic mass is 10.1. The predicted octanol–water partition coefficient (Wildman–Crippen LogP) is 2.67. The van der Waals surface area contributed by atoms with Crippen LogP contribution >= 0.6 is 0 Å². The highest BCUT2D eigenvalue weighted by molar-refractivity contribution is 5.99. The molecule has 3 aromatic rings. The molecule has 2 aromatic heterocycles. The highest BCUT2D eigenvalue weighted by atomic mass is 19.1. The zero-order valence-electron chi connectivity index (χ0n) is 12.2. The highest BCUT2D eigenvalue weighted by Gasteiger charge is 2.17. The smallest absolute Gasteiger partial charge is 0.257 e. The topological polar surface area (TPSA) is 59.3 Å². The molecule has 22 heavy (non-hydrogen) atoms. The molecule has 0 aliphatic heterocycles. The Labute approximate surface area is 126 Å². The van der Waals surface area contributed by atoms with Crippen LogP contribution in [-0.4, -0.2) is 20.5 Å². The first-order valence-corrected chi connectivity index (χ1v) is 6.91. The second kappa shape index (κ2) is 5.55. The molecule has 112 valence electrons. The fraction of sp³-hybridized carbons (Fsp3) is 0.188. The van der Waals surface area contributed by atoms with Gasteiger partial charge in [-0.1, -0.05) is 12.1 Å². The van der Waals surface area contributed by atoms with Crippen LogP contribution in [0, 0.1) is 12.7 Å². The van der Waals surface area contributed by atoms with Crippen molar-refractivity contribution in [1.82, 2.24) is 19.9 Å². The summed E-state index contributed by atoms with van der Waals surface area (Å²) < 4.78 is 15.2. The standard InChI is InChI=1S/C16H15FN4O/c1-10-4-5-12(8-14(10)17)11(2)20-16(22)13-9-19-21-7-3-6-18-15(13)21/h3-9,11H,1-2H3,(H,20,22).